The van der Waals surface area contributed by atoms with Crippen molar-refractivity contribution >= 4 is 43.4 Å². The highest BCUT2D eigenvalue weighted by atomic mass is 15.1. The Hall–Kier alpha value is -6.77. The molecule has 0 bridgehead atoms. The maximum atomic E-state index is 4.91. The van der Waals surface area contributed by atoms with Crippen molar-refractivity contribution in [1.82, 2.24) is 9.55 Å². The zero-order valence-corrected chi connectivity index (χ0v) is 29.1. The maximum absolute atomic E-state index is 4.91. The fourth-order valence-electron chi connectivity index (χ4n) is 10.2. The van der Waals surface area contributed by atoms with E-state index in [0.717, 1.165) is 22.5 Å². The van der Waals surface area contributed by atoms with Crippen molar-refractivity contribution in [1.29, 1.82) is 0 Å². The summed E-state index contributed by atoms with van der Waals surface area (Å²) in [5, 5.41) is 7.78. The molecule has 2 aliphatic rings. The van der Waals surface area contributed by atoms with Gasteiger partial charge in [-0.15, -0.1) is 0 Å². The molecule has 1 heterocycles. The van der Waals surface area contributed by atoms with Crippen LogP contribution >= 0.6 is 0 Å². The second-order valence-corrected chi connectivity index (χ2v) is 14.6. The second-order valence-electron chi connectivity index (χ2n) is 14.6. The van der Waals surface area contributed by atoms with E-state index >= 15 is 0 Å². The molecule has 0 amide bonds. The first-order valence-corrected chi connectivity index (χ1v) is 18.5. The monoisotopic (exact) mass is 672 g/mol. The smallest absolute Gasteiger partial charge is 0.111 e. The average Bonchev–Trinajstić information content (AvgIpc) is 3.83. The van der Waals surface area contributed by atoms with Gasteiger partial charge in [-0.1, -0.05) is 146 Å². The number of rotatable bonds is 2. The Kier molecular flexibility index (Phi) is 5.67. The van der Waals surface area contributed by atoms with Crippen LogP contribution in [0.5, 0.6) is 0 Å². The zero-order chi connectivity index (χ0) is 34.8. The minimum atomic E-state index is -0.492. The number of nitrogens with zero attached hydrogens (tertiary/aromatic N) is 2. The molecule has 1 aromatic heterocycles. The van der Waals surface area contributed by atoms with Crippen molar-refractivity contribution in [3.8, 4) is 39.1 Å². The van der Waals surface area contributed by atoms with Crippen LogP contribution in [0.4, 0.5) is 0 Å². The molecule has 246 valence electrons. The molecule has 0 saturated heterocycles. The van der Waals surface area contributed by atoms with Crippen LogP contribution < -0.4 is 0 Å². The van der Waals surface area contributed by atoms with Gasteiger partial charge in [-0.2, -0.15) is 0 Å². The number of para-hydroxylation sites is 2. The summed E-state index contributed by atoms with van der Waals surface area (Å²) in [5.41, 5.74) is 16.0. The lowest BCUT2D eigenvalue weighted by molar-refractivity contribution is 0.809. The first-order valence-electron chi connectivity index (χ1n) is 18.5. The van der Waals surface area contributed by atoms with Crippen molar-refractivity contribution < 1.29 is 0 Å². The van der Waals surface area contributed by atoms with E-state index in [1.165, 1.54) is 88.0 Å². The van der Waals surface area contributed by atoms with Crippen LogP contribution in [0, 0.1) is 6.92 Å². The van der Waals surface area contributed by atoms with Crippen LogP contribution in [0.2, 0.25) is 0 Å². The summed E-state index contributed by atoms with van der Waals surface area (Å²) in [6.45, 7) is 2.10. The molecule has 0 fully saturated rings. The van der Waals surface area contributed by atoms with Crippen LogP contribution in [-0.2, 0) is 5.41 Å². The highest BCUT2D eigenvalue weighted by Gasteiger charge is 2.54. The first kappa shape index (κ1) is 28.9. The summed E-state index contributed by atoms with van der Waals surface area (Å²) in [7, 11) is 0. The van der Waals surface area contributed by atoms with Crippen LogP contribution in [0.25, 0.3) is 82.4 Å². The number of aromatic nitrogens is 2. The van der Waals surface area contributed by atoms with E-state index < -0.39 is 5.41 Å². The Morgan fingerprint density at radius 2 is 1.00 bits per heavy atom. The summed E-state index contributed by atoms with van der Waals surface area (Å²) in [4.78, 5) is 4.91. The number of hydrogen-bond acceptors (Lipinski definition) is 1. The summed E-state index contributed by atoms with van der Waals surface area (Å²) in [6.07, 6.45) is 0. The van der Waals surface area contributed by atoms with Crippen molar-refractivity contribution in [2.75, 3.05) is 0 Å². The van der Waals surface area contributed by atoms with Gasteiger partial charge in [0, 0.05) is 5.69 Å². The summed E-state index contributed by atoms with van der Waals surface area (Å²) in [6, 6.07) is 65.5. The molecule has 0 unspecified atom stereocenters. The zero-order valence-electron chi connectivity index (χ0n) is 29.1. The third kappa shape index (κ3) is 3.60. The van der Waals surface area contributed by atoms with Crippen LogP contribution in [0.1, 0.15) is 28.1 Å². The molecule has 53 heavy (non-hydrogen) atoms. The summed E-state index contributed by atoms with van der Waals surface area (Å²) < 4.78 is 2.28. The quantitative estimate of drug-likeness (QED) is 0.167. The Bertz CT molecular complexity index is 3150. The van der Waals surface area contributed by atoms with Gasteiger partial charge in [0.25, 0.3) is 0 Å². The molecule has 10 aromatic rings. The van der Waals surface area contributed by atoms with Gasteiger partial charge in [0.15, 0.2) is 0 Å². The van der Waals surface area contributed by atoms with E-state index in [-0.39, 0.29) is 0 Å². The third-order valence-corrected chi connectivity index (χ3v) is 12.1. The topological polar surface area (TPSA) is 17.8 Å². The first-order chi connectivity index (χ1) is 26.2. The fraction of sp³-hybridized carbons (Fsp3) is 0.0392. The minimum Gasteiger partial charge on any atom is -0.297 e. The van der Waals surface area contributed by atoms with E-state index in [9.17, 15) is 0 Å². The molecule has 12 rings (SSSR count). The largest absolute Gasteiger partial charge is 0.297 e. The molecule has 1 spiro atoms. The number of aryl methyl sites for hydroxylation is 1. The fourth-order valence-corrected chi connectivity index (χ4v) is 10.2. The molecular formula is C51H32N2. The normalized spacial score (nSPS) is 13.5. The molecule has 0 N–H and O–H groups in total. The molecular weight excluding hydrogens is 641 g/mol. The van der Waals surface area contributed by atoms with Crippen molar-refractivity contribution in [2.45, 2.75) is 12.3 Å². The van der Waals surface area contributed by atoms with Crippen molar-refractivity contribution in [2.24, 2.45) is 0 Å². The SMILES string of the molecule is Cc1nc2ccccc2n1-c1cccc(-c2cc3c(c4ccccc24)C2(c4ccccc4-c4ccccc42)c2c-3c3ccccc3c3ccccc23)c1. The Labute approximate surface area is 307 Å². The number of fused-ring (bicyclic) bond motifs is 18. The standard InChI is InChI=1S/C51H32N2/c1-31-52-46-27-12-13-28-47(46)53(31)33-16-14-15-32(29-33)42-30-43-48-39-22-5-2-17-34(39)35-18-3-7-24-41(35)50(48)51(49(43)40-23-6-4-19-36(40)42)44-25-10-8-20-37(44)38-21-9-11-26-45(38)51/h2-30H,1H3. The maximum Gasteiger partial charge on any atom is 0.111 e. The predicted molar refractivity (Wildman–Crippen MR) is 220 cm³/mol. The molecule has 2 aliphatic carbocycles. The summed E-state index contributed by atoms with van der Waals surface area (Å²) in [5.74, 6) is 0.981. The Balaban J connectivity index is 1.26. The van der Waals surface area contributed by atoms with Gasteiger partial charge in [0.2, 0.25) is 0 Å². The minimum absolute atomic E-state index is 0.492. The lowest BCUT2D eigenvalue weighted by Crippen LogP contribution is -2.26. The predicted octanol–water partition coefficient (Wildman–Crippen LogP) is 12.8. The van der Waals surface area contributed by atoms with Crippen molar-refractivity contribution in [3.05, 3.63) is 204 Å². The van der Waals surface area contributed by atoms with Gasteiger partial charge in [-0.25, -0.2) is 4.98 Å². The highest BCUT2D eigenvalue weighted by molar-refractivity contribution is 6.22. The molecule has 0 saturated carbocycles. The third-order valence-electron chi connectivity index (χ3n) is 12.1. The van der Waals surface area contributed by atoms with E-state index in [1.54, 1.807) is 0 Å². The molecule has 0 aliphatic heterocycles. The lowest BCUT2D eigenvalue weighted by atomic mass is 9.68. The second kappa shape index (κ2) is 10.4. The molecule has 2 nitrogen and oxygen atoms in total. The van der Waals surface area contributed by atoms with Gasteiger partial charge < -0.3 is 0 Å². The van der Waals surface area contributed by atoms with E-state index in [2.05, 4.69) is 187 Å². The van der Waals surface area contributed by atoms with Gasteiger partial charge in [0.1, 0.15) is 5.82 Å². The number of hydrogen-bond donors (Lipinski definition) is 0. The molecule has 0 atom stereocenters. The van der Waals surface area contributed by atoms with Gasteiger partial charge in [-0.3, -0.25) is 4.57 Å². The van der Waals surface area contributed by atoms with Crippen molar-refractivity contribution in [3.63, 3.8) is 0 Å². The lowest BCUT2D eigenvalue weighted by Gasteiger charge is -2.33. The van der Waals surface area contributed by atoms with E-state index in [4.69, 9.17) is 4.98 Å². The average molecular weight is 673 g/mol. The molecule has 9 aromatic carbocycles. The van der Waals surface area contributed by atoms with Gasteiger partial charge >= 0.3 is 0 Å². The Morgan fingerprint density at radius 1 is 0.434 bits per heavy atom. The van der Waals surface area contributed by atoms with Crippen LogP contribution in [0.3, 0.4) is 0 Å². The van der Waals surface area contributed by atoms with Crippen LogP contribution in [0.15, 0.2) is 176 Å². The van der Waals surface area contributed by atoms with Crippen LogP contribution in [-0.4, -0.2) is 9.55 Å². The van der Waals surface area contributed by atoms with E-state index in [0.29, 0.717) is 0 Å². The van der Waals surface area contributed by atoms with Gasteiger partial charge in [-0.05, 0) is 125 Å². The molecule has 0 radical (unpaired) electrons. The van der Waals surface area contributed by atoms with E-state index in [1.807, 2.05) is 0 Å². The highest BCUT2D eigenvalue weighted by Crippen LogP contribution is 2.67. The number of benzene rings is 9. The van der Waals surface area contributed by atoms with Gasteiger partial charge in [0.05, 0.1) is 16.4 Å². The molecule has 2 heteroatoms. The Morgan fingerprint density at radius 3 is 1.74 bits per heavy atom. The summed E-state index contributed by atoms with van der Waals surface area (Å²) >= 11 is 0. The number of imidazole rings is 1.